The van der Waals surface area contributed by atoms with Gasteiger partial charge in [-0.2, -0.15) is 11.8 Å². The summed E-state index contributed by atoms with van der Waals surface area (Å²) in [7, 11) is -3.37. The molecule has 1 unspecified atom stereocenters. The van der Waals surface area contributed by atoms with Crippen molar-refractivity contribution in [2.75, 3.05) is 30.3 Å². The first-order valence-corrected chi connectivity index (χ1v) is 9.85. The van der Waals surface area contributed by atoms with Crippen LogP contribution in [0.5, 0.6) is 0 Å². The number of amides is 2. The lowest BCUT2D eigenvalue weighted by atomic mass is 10.2. The van der Waals surface area contributed by atoms with E-state index in [1.807, 2.05) is 0 Å². The van der Waals surface area contributed by atoms with Gasteiger partial charge in [-0.3, -0.25) is 0 Å². The van der Waals surface area contributed by atoms with Crippen molar-refractivity contribution in [3.8, 4) is 0 Å². The second-order valence-corrected chi connectivity index (χ2v) is 8.74. The maximum atomic E-state index is 12.6. The van der Waals surface area contributed by atoms with Gasteiger partial charge in [-0.05, 0) is 12.8 Å². The lowest BCUT2D eigenvalue weighted by molar-refractivity contribution is -0.141. The van der Waals surface area contributed by atoms with E-state index >= 15 is 0 Å². The molecule has 2 heterocycles. The molecule has 2 fully saturated rings. The Morgan fingerprint density at radius 3 is 2.62 bits per heavy atom. The largest absolute Gasteiger partial charge is 0.480 e. The Morgan fingerprint density at radius 1 is 1.29 bits per heavy atom. The SMILES string of the molecule is CCS(=O)(=O)C1CSCCN1C(=O)N1CCC[C@@H]1C(=O)O. The first kappa shape index (κ1) is 16.4. The summed E-state index contributed by atoms with van der Waals surface area (Å²) >= 11 is 1.51. The van der Waals surface area contributed by atoms with Gasteiger partial charge < -0.3 is 14.9 Å². The van der Waals surface area contributed by atoms with E-state index in [9.17, 15) is 18.0 Å². The summed E-state index contributed by atoms with van der Waals surface area (Å²) in [6.07, 6.45) is 1.06. The van der Waals surface area contributed by atoms with Crippen molar-refractivity contribution < 1.29 is 23.1 Å². The highest BCUT2D eigenvalue weighted by atomic mass is 32.2. The number of carboxylic acids is 1. The first-order chi connectivity index (χ1) is 9.88. The van der Waals surface area contributed by atoms with Crippen LogP contribution in [0.1, 0.15) is 19.8 Å². The summed E-state index contributed by atoms with van der Waals surface area (Å²) in [4.78, 5) is 26.4. The molecule has 0 radical (unpaired) electrons. The number of likely N-dealkylation sites (tertiary alicyclic amines) is 1. The first-order valence-electron chi connectivity index (χ1n) is 6.98. The smallest absolute Gasteiger partial charge is 0.326 e. The second-order valence-electron chi connectivity index (χ2n) is 5.15. The topological polar surface area (TPSA) is 95.0 Å². The van der Waals surface area contributed by atoms with Crippen LogP contribution >= 0.6 is 11.8 Å². The minimum Gasteiger partial charge on any atom is -0.480 e. The molecule has 2 rings (SSSR count). The highest BCUT2D eigenvalue weighted by Gasteiger charge is 2.42. The molecule has 2 amide bonds. The Hall–Kier alpha value is -0.960. The number of carboxylic acid groups (broad SMARTS) is 1. The summed E-state index contributed by atoms with van der Waals surface area (Å²) in [5, 5.41) is 8.32. The molecule has 7 nitrogen and oxygen atoms in total. The molecule has 0 aliphatic carbocycles. The zero-order chi connectivity index (χ0) is 15.6. The van der Waals surface area contributed by atoms with Crippen molar-refractivity contribution in [3.05, 3.63) is 0 Å². The van der Waals surface area contributed by atoms with E-state index in [1.165, 1.54) is 21.6 Å². The third-order valence-corrected chi connectivity index (χ3v) is 7.22. The number of urea groups is 1. The number of carbonyl (C=O) groups excluding carboxylic acids is 1. The third-order valence-electron chi connectivity index (χ3n) is 3.93. The molecule has 0 aromatic rings. The normalized spacial score (nSPS) is 26.9. The molecule has 0 aromatic carbocycles. The van der Waals surface area contributed by atoms with E-state index < -0.39 is 33.3 Å². The molecule has 0 spiro atoms. The Labute approximate surface area is 128 Å². The van der Waals surface area contributed by atoms with Gasteiger partial charge in [0.1, 0.15) is 11.4 Å². The number of sulfone groups is 1. The summed E-state index contributed by atoms with van der Waals surface area (Å²) in [5.74, 6) is -0.0209. The molecular formula is C12H20N2O5S2. The van der Waals surface area contributed by atoms with Gasteiger partial charge in [-0.1, -0.05) is 6.92 Å². The van der Waals surface area contributed by atoms with Gasteiger partial charge in [0, 0.05) is 30.3 Å². The van der Waals surface area contributed by atoms with Gasteiger partial charge in [0.25, 0.3) is 0 Å². The van der Waals surface area contributed by atoms with Crippen LogP contribution in [-0.2, 0) is 14.6 Å². The van der Waals surface area contributed by atoms with Crippen LogP contribution < -0.4 is 0 Å². The molecule has 0 aromatic heterocycles. The van der Waals surface area contributed by atoms with E-state index in [2.05, 4.69) is 0 Å². The fourth-order valence-electron chi connectivity index (χ4n) is 2.71. The Morgan fingerprint density at radius 2 is 2.00 bits per heavy atom. The Bertz CT molecular complexity index is 522. The molecule has 9 heteroatoms. The number of nitrogens with zero attached hydrogens (tertiary/aromatic N) is 2. The van der Waals surface area contributed by atoms with Crippen LogP contribution in [-0.4, -0.2) is 77.1 Å². The molecule has 1 N–H and O–H groups in total. The average Bonchev–Trinajstić information content (AvgIpc) is 2.96. The monoisotopic (exact) mass is 336 g/mol. The van der Waals surface area contributed by atoms with Gasteiger partial charge in [0.05, 0.1) is 0 Å². The van der Waals surface area contributed by atoms with Gasteiger partial charge in [-0.15, -0.1) is 0 Å². The van der Waals surface area contributed by atoms with Crippen molar-refractivity contribution >= 4 is 33.6 Å². The maximum absolute atomic E-state index is 12.6. The van der Waals surface area contributed by atoms with Crippen molar-refractivity contribution in [3.63, 3.8) is 0 Å². The standard InChI is InChI=1S/C12H20N2O5S2/c1-2-21(18,19)10-8-20-7-6-14(10)12(17)13-5-3-4-9(13)11(15)16/h9-10H,2-8H2,1H3,(H,15,16)/t9-,10?/m1/s1. The zero-order valence-corrected chi connectivity index (χ0v) is 13.5. The highest BCUT2D eigenvalue weighted by molar-refractivity contribution is 8.01. The van der Waals surface area contributed by atoms with E-state index in [0.717, 1.165) is 0 Å². The predicted octanol–water partition coefficient (Wildman–Crippen LogP) is 0.465. The predicted molar refractivity (Wildman–Crippen MR) is 80.0 cm³/mol. The molecule has 120 valence electrons. The number of carbonyl (C=O) groups is 2. The summed E-state index contributed by atoms with van der Waals surface area (Å²) in [5.41, 5.74) is 0. The Balaban J connectivity index is 2.21. The molecule has 2 atom stereocenters. The quantitative estimate of drug-likeness (QED) is 0.805. The summed E-state index contributed by atoms with van der Waals surface area (Å²) in [6.45, 7) is 2.28. The number of rotatable bonds is 3. The van der Waals surface area contributed by atoms with Gasteiger partial charge in [-0.25, -0.2) is 18.0 Å². The Kier molecular flexibility index (Phi) is 5.03. The third kappa shape index (κ3) is 3.28. The number of hydrogen-bond donors (Lipinski definition) is 1. The highest BCUT2D eigenvalue weighted by Crippen LogP contribution is 2.26. The minimum absolute atomic E-state index is 0.0234. The zero-order valence-electron chi connectivity index (χ0n) is 11.9. The number of aliphatic carboxylic acids is 1. The summed E-state index contributed by atoms with van der Waals surface area (Å²) < 4.78 is 24.3. The number of thioether (sulfide) groups is 1. The van der Waals surface area contributed by atoms with Gasteiger partial charge in [0.15, 0.2) is 9.84 Å². The van der Waals surface area contributed by atoms with Gasteiger partial charge in [0.2, 0.25) is 0 Å². The van der Waals surface area contributed by atoms with Gasteiger partial charge >= 0.3 is 12.0 Å². The van der Waals surface area contributed by atoms with Crippen LogP contribution in [0.25, 0.3) is 0 Å². The van der Waals surface area contributed by atoms with E-state index in [1.54, 1.807) is 6.92 Å². The fourth-order valence-corrected chi connectivity index (χ4v) is 5.67. The lowest BCUT2D eigenvalue weighted by Gasteiger charge is -2.38. The number of hydrogen-bond acceptors (Lipinski definition) is 5. The van der Waals surface area contributed by atoms with Crippen molar-refractivity contribution in [2.45, 2.75) is 31.2 Å². The molecule has 2 aliphatic heterocycles. The summed E-state index contributed by atoms with van der Waals surface area (Å²) in [6, 6.07) is -1.29. The van der Waals surface area contributed by atoms with Crippen LogP contribution in [0.15, 0.2) is 0 Å². The minimum atomic E-state index is -3.37. The van der Waals surface area contributed by atoms with E-state index in [0.29, 0.717) is 37.4 Å². The second kappa shape index (κ2) is 6.43. The van der Waals surface area contributed by atoms with Crippen molar-refractivity contribution in [1.82, 2.24) is 9.80 Å². The maximum Gasteiger partial charge on any atom is 0.326 e. The molecular weight excluding hydrogens is 316 g/mol. The molecule has 2 aliphatic rings. The molecule has 0 bridgehead atoms. The molecule has 0 saturated carbocycles. The van der Waals surface area contributed by atoms with Crippen LogP contribution in [0.2, 0.25) is 0 Å². The van der Waals surface area contributed by atoms with Crippen LogP contribution in [0.4, 0.5) is 4.79 Å². The van der Waals surface area contributed by atoms with Crippen LogP contribution in [0, 0.1) is 0 Å². The van der Waals surface area contributed by atoms with Crippen LogP contribution in [0.3, 0.4) is 0 Å². The van der Waals surface area contributed by atoms with Crippen molar-refractivity contribution in [1.29, 1.82) is 0 Å². The molecule has 21 heavy (non-hydrogen) atoms. The molecule has 2 saturated heterocycles. The fraction of sp³-hybridized carbons (Fsp3) is 0.833. The van der Waals surface area contributed by atoms with E-state index in [4.69, 9.17) is 5.11 Å². The average molecular weight is 336 g/mol. The lowest BCUT2D eigenvalue weighted by Crippen LogP contribution is -2.56. The van der Waals surface area contributed by atoms with E-state index in [-0.39, 0.29) is 5.75 Å². The van der Waals surface area contributed by atoms with Crippen molar-refractivity contribution in [2.24, 2.45) is 0 Å².